The molecule has 0 saturated carbocycles. The molecule has 1 saturated heterocycles. The summed E-state index contributed by atoms with van der Waals surface area (Å²) in [4.78, 5) is 15.1. The molecule has 0 unspecified atom stereocenters. The number of aliphatic hydroxyl groups excluding tert-OH is 1. The number of aliphatic hydroxyl groups is 1. The highest BCUT2D eigenvalue weighted by Crippen LogP contribution is 2.39. The molecule has 1 fully saturated rings. The molecule has 2 aromatic rings. The van der Waals surface area contributed by atoms with Gasteiger partial charge >= 0.3 is 0 Å². The maximum atomic E-state index is 13.1. The van der Waals surface area contributed by atoms with E-state index in [-0.39, 0.29) is 42.3 Å². The smallest absolute Gasteiger partial charge is 0.234 e. The standard InChI is InChI=1S/C27H40N2O4Si/c1-27(2,3)34(5,6)33-26-23(16-20-10-8-7-9-11-20)28-25(31)18-29(24(26)19-30)17-21-12-14-22(32-4)15-13-21/h7-15,23-24,26,30H,16-19H2,1-6H3,(H,28,31)/t23-,24-,26+/m1/s1. The average Bonchev–Trinajstić information content (AvgIpc) is 2.89. The van der Waals surface area contributed by atoms with Crippen LogP contribution >= 0.6 is 0 Å². The summed E-state index contributed by atoms with van der Waals surface area (Å²) in [5.41, 5.74) is 2.19. The number of rotatable bonds is 8. The summed E-state index contributed by atoms with van der Waals surface area (Å²) < 4.78 is 12.2. The first-order valence-electron chi connectivity index (χ1n) is 12.0. The van der Waals surface area contributed by atoms with Crippen LogP contribution in [0.5, 0.6) is 5.75 Å². The van der Waals surface area contributed by atoms with Crippen LogP contribution in [0.1, 0.15) is 31.9 Å². The van der Waals surface area contributed by atoms with Crippen LogP contribution in [0.2, 0.25) is 18.1 Å². The van der Waals surface area contributed by atoms with E-state index in [1.165, 1.54) is 0 Å². The van der Waals surface area contributed by atoms with Crippen LogP contribution in [0.25, 0.3) is 0 Å². The molecule has 2 N–H and O–H groups in total. The van der Waals surface area contributed by atoms with Crippen LogP contribution < -0.4 is 10.1 Å². The van der Waals surface area contributed by atoms with Crippen molar-refractivity contribution < 1.29 is 19.1 Å². The lowest BCUT2D eigenvalue weighted by Crippen LogP contribution is -2.58. The van der Waals surface area contributed by atoms with Gasteiger partial charge in [-0.1, -0.05) is 63.2 Å². The van der Waals surface area contributed by atoms with Crippen molar-refractivity contribution in [3.8, 4) is 5.75 Å². The van der Waals surface area contributed by atoms with Crippen molar-refractivity contribution in [2.45, 2.75) is 70.1 Å². The van der Waals surface area contributed by atoms with Gasteiger partial charge in [-0.15, -0.1) is 0 Å². The molecule has 0 bridgehead atoms. The van der Waals surface area contributed by atoms with Crippen LogP contribution in [0.4, 0.5) is 0 Å². The summed E-state index contributed by atoms with van der Waals surface area (Å²) in [6.45, 7) is 11.7. The molecule has 186 valence electrons. The van der Waals surface area contributed by atoms with Crippen molar-refractivity contribution in [1.29, 1.82) is 0 Å². The molecule has 34 heavy (non-hydrogen) atoms. The second-order valence-electron chi connectivity index (χ2n) is 10.7. The van der Waals surface area contributed by atoms with Gasteiger partial charge in [0, 0.05) is 6.54 Å². The zero-order valence-corrected chi connectivity index (χ0v) is 22.4. The number of methoxy groups -OCH3 is 1. The van der Waals surface area contributed by atoms with E-state index < -0.39 is 8.32 Å². The van der Waals surface area contributed by atoms with E-state index in [2.05, 4.69) is 56.2 Å². The Labute approximate surface area is 205 Å². The Morgan fingerprint density at radius 2 is 1.71 bits per heavy atom. The minimum Gasteiger partial charge on any atom is -0.497 e. The molecule has 1 aliphatic heterocycles. The lowest BCUT2D eigenvalue weighted by molar-refractivity contribution is -0.122. The molecule has 0 spiro atoms. The number of carbonyl (C=O) groups is 1. The molecule has 2 aromatic carbocycles. The van der Waals surface area contributed by atoms with Gasteiger partial charge in [0.1, 0.15) is 5.75 Å². The molecule has 1 heterocycles. The highest BCUT2D eigenvalue weighted by molar-refractivity contribution is 6.74. The fraction of sp³-hybridized carbons (Fsp3) is 0.519. The zero-order valence-electron chi connectivity index (χ0n) is 21.4. The maximum absolute atomic E-state index is 13.1. The molecule has 1 amide bonds. The van der Waals surface area contributed by atoms with E-state index in [1.807, 2.05) is 42.5 Å². The van der Waals surface area contributed by atoms with Gasteiger partial charge < -0.3 is 19.6 Å². The van der Waals surface area contributed by atoms with Crippen LogP contribution in [0, 0.1) is 0 Å². The Bertz CT molecular complexity index is 928. The van der Waals surface area contributed by atoms with Crippen LogP contribution in [0.15, 0.2) is 54.6 Å². The van der Waals surface area contributed by atoms with E-state index in [1.54, 1.807) is 7.11 Å². The molecule has 6 nitrogen and oxygen atoms in total. The molecule has 3 rings (SSSR count). The molecule has 3 atom stereocenters. The summed E-state index contributed by atoms with van der Waals surface area (Å²) in [5, 5.41) is 13.9. The average molecular weight is 485 g/mol. The Morgan fingerprint density at radius 3 is 2.26 bits per heavy atom. The number of hydrogen-bond donors (Lipinski definition) is 2. The minimum absolute atomic E-state index is 0.00142. The van der Waals surface area contributed by atoms with Gasteiger partial charge in [0.2, 0.25) is 5.91 Å². The van der Waals surface area contributed by atoms with Gasteiger partial charge in [0.15, 0.2) is 8.32 Å². The Kier molecular flexibility index (Phi) is 8.57. The van der Waals surface area contributed by atoms with E-state index in [0.29, 0.717) is 13.0 Å². The van der Waals surface area contributed by atoms with Crippen molar-refractivity contribution in [1.82, 2.24) is 10.2 Å². The highest BCUT2D eigenvalue weighted by Gasteiger charge is 2.46. The number of hydrogen-bond acceptors (Lipinski definition) is 5. The molecule has 1 aliphatic rings. The van der Waals surface area contributed by atoms with Gasteiger partial charge in [0.05, 0.1) is 38.4 Å². The lowest BCUT2D eigenvalue weighted by Gasteiger charge is -2.44. The summed E-state index contributed by atoms with van der Waals surface area (Å²) in [5.74, 6) is 0.743. The zero-order chi connectivity index (χ0) is 24.9. The molecule has 0 aromatic heterocycles. The first-order valence-corrected chi connectivity index (χ1v) is 14.9. The second kappa shape index (κ2) is 11.0. The Balaban J connectivity index is 1.96. The molecule has 7 heteroatoms. The van der Waals surface area contributed by atoms with E-state index in [9.17, 15) is 9.90 Å². The molecular weight excluding hydrogens is 444 g/mol. The first kappa shape index (κ1) is 26.4. The SMILES string of the molecule is COc1ccc(CN2CC(=O)N[C@H](Cc3ccccc3)[C@H](O[Si](C)(C)C(C)(C)C)[C@H]2CO)cc1. The quantitative estimate of drug-likeness (QED) is 0.555. The summed E-state index contributed by atoms with van der Waals surface area (Å²) in [6.07, 6.45) is 0.314. The predicted octanol–water partition coefficient (Wildman–Crippen LogP) is 3.99. The molecule has 0 radical (unpaired) electrons. The maximum Gasteiger partial charge on any atom is 0.234 e. The molecule has 0 aliphatic carbocycles. The molecular formula is C27H40N2O4Si. The topological polar surface area (TPSA) is 71.0 Å². The third-order valence-corrected chi connectivity index (χ3v) is 11.7. The normalized spacial score (nSPS) is 22.2. The summed E-state index contributed by atoms with van der Waals surface area (Å²) in [6, 6.07) is 17.5. The van der Waals surface area contributed by atoms with Gasteiger partial charge in [0.25, 0.3) is 0 Å². The lowest BCUT2D eigenvalue weighted by atomic mass is 9.96. The predicted molar refractivity (Wildman–Crippen MR) is 138 cm³/mol. The van der Waals surface area contributed by atoms with Gasteiger partial charge in [-0.2, -0.15) is 0 Å². The number of nitrogens with one attached hydrogen (secondary N) is 1. The Hall–Kier alpha value is -2.19. The van der Waals surface area contributed by atoms with Crippen molar-refractivity contribution in [2.24, 2.45) is 0 Å². The number of benzene rings is 2. The van der Waals surface area contributed by atoms with E-state index in [0.717, 1.165) is 16.9 Å². The second-order valence-corrected chi connectivity index (χ2v) is 15.5. The van der Waals surface area contributed by atoms with Crippen molar-refractivity contribution in [3.63, 3.8) is 0 Å². The Morgan fingerprint density at radius 1 is 1.06 bits per heavy atom. The number of nitrogens with zero attached hydrogens (tertiary/aromatic N) is 1. The third kappa shape index (κ3) is 6.47. The van der Waals surface area contributed by atoms with Crippen molar-refractivity contribution in [2.75, 3.05) is 20.3 Å². The number of amides is 1. The van der Waals surface area contributed by atoms with E-state index >= 15 is 0 Å². The van der Waals surface area contributed by atoms with Gasteiger partial charge in [-0.05, 0) is 47.8 Å². The highest BCUT2D eigenvalue weighted by atomic mass is 28.4. The third-order valence-electron chi connectivity index (χ3n) is 7.21. The van der Waals surface area contributed by atoms with Crippen LogP contribution in [-0.2, 0) is 22.2 Å². The first-order chi connectivity index (χ1) is 16.0. The van der Waals surface area contributed by atoms with Gasteiger partial charge in [-0.3, -0.25) is 9.69 Å². The summed E-state index contributed by atoms with van der Waals surface area (Å²) >= 11 is 0. The summed E-state index contributed by atoms with van der Waals surface area (Å²) in [7, 11) is -0.549. The van der Waals surface area contributed by atoms with Crippen molar-refractivity contribution >= 4 is 14.2 Å². The minimum atomic E-state index is -2.19. The largest absolute Gasteiger partial charge is 0.497 e. The van der Waals surface area contributed by atoms with Crippen LogP contribution in [-0.4, -0.2) is 62.7 Å². The fourth-order valence-electron chi connectivity index (χ4n) is 4.18. The van der Waals surface area contributed by atoms with Crippen molar-refractivity contribution in [3.05, 3.63) is 65.7 Å². The fourth-order valence-corrected chi connectivity index (χ4v) is 5.54. The van der Waals surface area contributed by atoms with Crippen LogP contribution in [0.3, 0.4) is 0 Å². The number of ether oxygens (including phenoxy) is 1. The number of carbonyl (C=O) groups excluding carboxylic acids is 1. The van der Waals surface area contributed by atoms with E-state index in [4.69, 9.17) is 9.16 Å². The monoisotopic (exact) mass is 484 g/mol. The van der Waals surface area contributed by atoms with Gasteiger partial charge in [-0.25, -0.2) is 0 Å².